The molecule has 1 saturated heterocycles. The van der Waals surface area contributed by atoms with Crippen molar-refractivity contribution in [3.8, 4) is 5.75 Å². The fourth-order valence-corrected chi connectivity index (χ4v) is 2.45. The number of hydrogen-bond donors (Lipinski definition) is 1. The number of amides is 1. The molecule has 112 valence electrons. The molecule has 0 aliphatic carbocycles. The Kier molecular flexibility index (Phi) is 6.69. The van der Waals surface area contributed by atoms with E-state index in [-0.39, 0.29) is 31.0 Å². The predicted molar refractivity (Wildman–Crippen MR) is 83.4 cm³/mol. The molecule has 1 atom stereocenters. The van der Waals surface area contributed by atoms with Gasteiger partial charge < -0.3 is 15.4 Å². The molecular formula is C12H14Cl4N2O2. The van der Waals surface area contributed by atoms with Crippen LogP contribution >= 0.6 is 47.2 Å². The summed E-state index contributed by atoms with van der Waals surface area (Å²) < 4.78 is 5.37. The predicted octanol–water partition coefficient (Wildman–Crippen LogP) is 3.01. The van der Waals surface area contributed by atoms with Crippen molar-refractivity contribution in [1.82, 2.24) is 4.90 Å². The lowest BCUT2D eigenvalue weighted by Crippen LogP contribution is -2.35. The van der Waals surface area contributed by atoms with Gasteiger partial charge >= 0.3 is 0 Å². The summed E-state index contributed by atoms with van der Waals surface area (Å²) >= 11 is 17.6. The molecule has 1 fully saturated rings. The number of hydrogen-bond acceptors (Lipinski definition) is 3. The van der Waals surface area contributed by atoms with Crippen molar-refractivity contribution in [2.75, 3.05) is 19.7 Å². The van der Waals surface area contributed by atoms with Crippen LogP contribution in [0.1, 0.15) is 6.42 Å². The van der Waals surface area contributed by atoms with E-state index in [2.05, 4.69) is 0 Å². The van der Waals surface area contributed by atoms with Crippen LogP contribution in [-0.4, -0.2) is 36.5 Å². The normalized spacial score (nSPS) is 17.8. The van der Waals surface area contributed by atoms with E-state index in [4.69, 9.17) is 45.3 Å². The topological polar surface area (TPSA) is 55.6 Å². The van der Waals surface area contributed by atoms with Crippen LogP contribution < -0.4 is 10.5 Å². The van der Waals surface area contributed by atoms with Gasteiger partial charge in [0.2, 0.25) is 0 Å². The number of carbonyl (C=O) groups is 1. The van der Waals surface area contributed by atoms with Crippen molar-refractivity contribution >= 4 is 53.1 Å². The van der Waals surface area contributed by atoms with Crippen molar-refractivity contribution in [3.05, 3.63) is 27.2 Å². The van der Waals surface area contributed by atoms with E-state index in [1.54, 1.807) is 4.90 Å². The Bertz CT molecular complexity index is 499. The first-order chi connectivity index (χ1) is 8.97. The fourth-order valence-electron chi connectivity index (χ4n) is 1.86. The van der Waals surface area contributed by atoms with Crippen molar-refractivity contribution in [3.63, 3.8) is 0 Å². The molecule has 2 rings (SSSR count). The number of likely N-dealkylation sites (tertiary alicyclic amines) is 1. The Hall–Kier alpha value is -0.390. The summed E-state index contributed by atoms with van der Waals surface area (Å²) in [6.07, 6.45) is 0.819. The Balaban J connectivity index is 0.00000200. The number of rotatable bonds is 3. The number of ether oxygens (including phenoxy) is 1. The smallest absolute Gasteiger partial charge is 0.260 e. The molecule has 1 amide bonds. The molecule has 20 heavy (non-hydrogen) atoms. The second-order valence-corrected chi connectivity index (χ2v) is 5.60. The largest absolute Gasteiger partial charge is 0.482 e. The zero-order valence-corrected chi connectivity index (χ0v) is 13.5. The zero-order chi connectivity index (χ0) is 14.0. The lowest BCUT2D eigenvalue weighted by atomic mass is 10.3. The number of carbonyl (C=O) groups excluding carboxylic acids is 1. The molecule has 1 aliphatic rings. The van der Waals surface area contributed by atoms with E-state index in [1.165, 1.54) is 12.1 Å². The van der Waals surface area contributed by atoms with Crippen LogP contribution in [0, 0.1) is 0 Å². The highest BCUT2D eigenvalue weighted by atomic mass is 35.5. The molecule has 0 spiro atoms. The Morgan fingerprint density at radius 1 is 1.30 bits per heavy atom. The monoisotopic (exact) mass is 358 g/mol. The first-order valence-electron chi connectivity index (χ1n) is 5.78. The van der Waals surface area contributed by atoms with Crippen LogP contribution in [0.2, 0.25) is 15.1 Å². The molecule has 0 bridgehead atoms. The second kappa shape index (κ2) is 7.57. The molecule has 0 aromatic heterocycles. The standard InChI is InChI=1S/C12H13Cl3N2O2.ClH/c13-8-3-10(15)11(4-9(8)14)19-6-12(18)17-2-1-7(16)5-17;/h3-4,7H,1-2,5-6,16H2;1H/t7-;/m1./s1. The third-order valence-electron chi connectivity index (χ3n) is 2.90. The summed E-state index contributed by atoms with van der Waals surface area (Å²) in [5.74, 6) is 0.225. The Morgan fingerprint density at radius 3 is 2.55 bits per heavy atom. The van der Waals surface area contributed by atoms with Gasteiger partial charge in [-0.3, -0.25) is 4.79 Å². The van der Waals surface area contributed by atoms with Gasteiger partial charge in [-0.25, -0.2) is 0 Å². The quantitative estimate of drug-likeness (QED) is 0.844. The highest BCUT2D eigenvalue weighted by Crippen LogP contribution is 2.33. The Labute approximate surface area is 138 Å². The molecule has 0 unspecified atom stereocenters. The van der Waals surface area contributed by atoms with Crippen LogP contribution in [0.5, 0.6) is 5.75 Å². The van der Waals surface area contributed by atoms with Gasteiger partial charge in [-0.15, -0.1) is 12.4 Å². The van der Waals surface area contributed by atoms with Crippen molar-refractivity contribution in [1.29, 1.82) is 0 Å². The molecule has 1 aliphatic heterocycles. The van der Waals surface area contributed by atoms with Gasteiger partial charge in [-0.2, -0.15) is 0 Å². The third-order valence-corrected chi connectivity index (χ3v) is 3.92. The maximum atomic E-state index is 11.9. The van der Waals surface area contributed by atoms with Gasteiger partial charge in [0.25, 0.3) is 5.91 Å². The molecule has 2 N–H and O–H groups in total. The highest BCUT2D eigenvalue weighted by Gasteiger charge is 2.23. The van der Waals surface area contributed by atoms with Gasteiger partial charge in [0.05, 0.1) is 15.1 Å². The van der Waals surface area contributed by atoms with E-state index < -0.39 is 0 Å². The summed E-state index contributed by atoms with van der Waals surface area (Å²) in [6, 6.07) is 3.03. The molecule has 1 heterocycles. The van der Waals surface area contributed by atoms with Gasteiger partial charge in [0, 0.05) is 25.2 Å². The minimum absolute atomic E-state index is 0. The van der Waals surface area contributed by atoms with Crippen LogP contribution in [0.25, 0.3) is 0 Å². The number of halogens is 4. The molecular weight excluding hydrogens is 346 g/mol. The van der Waals surface area contributed by atoms with Crippen molar-refractivity contribution in [2.45, 2.75) is 12.5 Å². The maximum absolute atomic E-state index is 11.9. The minimum atomic E-state index is -0.116. The molecule has 1 aromatic carbocycles. The van der Waals surface area contributed by atoms with E-state index in [9.17, 15) is 4.79 Å². The summed E-state index contributed by atoms with van der Waals surface area (Å²) in [7, 11) is 0. The summed E-state index contributed by atoms with van der Waals surface area (Å²) in [5.41, 5.74) is 5.74. The summed E-state index contributed by atoms with van der Waals surface area (Å²) in [6.45, 7) is 1.14. The van der Waals surface area contributed by atoms with Gasteiger partial charge in [0.1, 0.15) is 5.75 Å². The van der Waals surface area contributed by atoms with Crippen LogP contribution in [0.4, 0.5) is 0 Å². The average molecular weight is 360 g/mol. The second-order valence-electron chi connectivity index (χ2n) is 4.37. The van der Waals surface area contributed by atoms with E-state index in [1.807, 2.05) is 0 Å². The highest BCUT2D eigenvalue weighted by molar-refractivity contribution is 6.43. The first kappa shape index (κ1) is 17.7. The van der Waals surface area contributed by atoms with Crippen LogP contribution in [0.3, 0.4) is 0 Å². The van der Waals surface area contributed by atoms with Gasteiger partial charge in [-0.1, -0.05) is 34.8 Å². The maximum Gasteiger partial charge on any atom is 0.260 e. The van der Waals surface area contributed by atoms with E-state index in [0.717, 1.165) is 6.42 Å². The van der Waals surface area contributed by atoms with Crippen LogP contribution in [-0.2, 0) is 4.79 Å². The van der Waals surface area contributed by atoms with Crippen molar-refractivity contribution in [2.24, 2.45) is 5.73 Å². The summed E-state index contributed by atoms with van der Waals surface area (Å²) in [4.78, 5) is 13.5. The van der Waals surface area contributed by atoms with Crippen molar-refractivity contribution < 1.29 is 9.53 Å². The zero-order valence-electron chi connectivity index (χ0n) is 10.4. The summed E-state index contributed by atoms with van der Waals surface area (Å²) in [5, 5.41) is 0.993. The third kappa shape index (κ3) is 4.30. The number of nitrogens with two attached hydrogens (primary N) is 1. The Morgan fingerprint density at radius 2 is 1.95 bits per heavy atom. The molecule has 4 nitrogen and oxygen atoms in total. The van der Waals surface area contributed by atoms with Gasteiger partial charge in [-0.05, 0) is 12.5 Å². The van der Waals surface area contributed by atoms with E-state index in [0.29, 0.717) is 33.9 Å². The lowest BCUT2D eigenvalue weighted by Gasteiger charge is -2.16. The SMILES string of the molecule is Cl.N[C@@H]1CCN(C(=O)COc2cc(Cl)c(Cl)cc2Cl)C1. The van der Waals surface area contributed by atoms with Crippen LogP contribution in [0.15, 0.2) is 12.1 Å². The average Bonchev–Trinajstić information content (AvgIpc) is 2.78. The van der Waals surface area contributed by atoms with E-state index >= 15 is 0 Å². The molecule has 8 heteroatoms. The lowest BCUT2D eigenvalue weighted by molar-refractivity contribution is -0.132. The molecule has 0 saturated carbocycles. The molecule has 0 radical (unpaired) electrons. The molecule has 1 aromatic rings. The first-order valence-corrected chi connectivity index (χ1v) is 6.91. The number of nitrogens with zero attached hydrogens (tertiary/aromatic N) is 1. The van der Waals surface area contributed by atoms with Gasteiger partial charge in [0.15, 0.2) is 6.61 Å². The fraction of sp³-hybridized carbons (Fsp3) is 0.417. The number of benzene rings is 1. The minimum Gasteiger partial charge on any atom is -0.482 e.